The van der Waals surface area contributed by atoms with E-state index in [2.05, 4.69) is 10.6 Å². The van der Waals surface area contributed by atoms with Crippen LogP contribution in [0.15, 0.2) is 47.4 Å². The molecule has 2 rings (SSSR count). The molecule has 0 aliphatic carbocycles. The van der Waals surface area contributed by atoms with Crippen molar-refractivity contribution >= 4 is 21.6 Å². The van der Waals surface area contributed by atoms with Crippen LogP contribution in [0.5, 0.6) is 0 Å². The molecule has 7 heteroatoms. The molecular weight excluding hydrogens is 350 g/mol. The zero-order chi connectivity index (χ0) is 19.3. The van der Waals surface area contributed by atoms with E-state index in [9.17, 15) is 13.2 Å². The van der Waals surface area contributed by atoms with Crippen molar-refractivity contribution in [2.24, 2.45) is 0 Å². The molecule has 0 saturated heterocycles. The molecule has 2 aromatic rings. The number of hydrogen-bond acceptors (Lipinski definition) is 4. The molecule has 0 aromatic heterocycles. The van der Waals surface area contributed by atoms with E-state index in [1.807, 2.05) is 32.0 Å². The van der Waals surface area contributed by atoms with E-state index in [0.717, 1.165) is 21.1 Å². The van der Waals surface area contributed by atoms with Gasteiger partial charge in [-0.3, -0.25) is 4.79 Å². The lowest BCUT2D eigenvalue weighted by Gasteiger charge is -2.16. The molecule has 0 radical (unpaired) electrons. The summed E-state index contributed by atoms with van der Waals surface area (Å²) in [5, 5.41) is 5.88. The van der Waals surface area contributed by atoms with Crippen molar-refractivity contribution in [3.05, 3.63) is 59.2 Å². The Kier molecular flexibility index (Phi) is 6.39. The van der Waals surface area contributed by atoms with Crippen molar-refractivity contribution in [3.8, 4) is 0 Å². The molecule has 0 spiro atoms. The molecule has 0 unspecified atom stereocenters. The Bertz CT molecular complexity index is 893. The molecule has 0 atom stereocenters. The molecule has 6 nitrogen and oxygen atoms in total. The number of anilines is 1. The van der Waals surface area contributed by atoms with Crippen molar-refractivity contribution in [2.45, 2.75) is 25.3 Å². The summed E-state index contributed by atoms with van der Waals surface area (Å²) >= 11 is 0. The molecule has 140 valence electrons. The van der Waals surface area contributed by atoms with Crippen LogP contribution in [-0.2, 0) is 21.4 Å². The molecule has 0 heterocycles. The highest BCUT2D eigenvalue weighted by atomic mass is 32.2. The van der Waals surface area contributed by atoms with E-state index < -0.39 is 10.0 Å². The summed E-state index contributed by atoms with van der Waals surface area (Å²) in [4.78, 5) is 12.3. The zero-order valence-corrected chi connectivity index (χ0v) is 16.4. The normalized spacial score (nSPS) is 11.4. The lowest BCUT2D eigenvalue weighted by molar-refractivity contribution is -0.119. The maximum atomic E-state index is 12.4. The number of hydrogen-bond donors (Lipinski definition) is 2. The van der Waals surface area contributed by atoms with Crippen LogP contribution in [0.4, 0.5) is 5.69 Å². The van der Waals surface area contributed by atoms with Crippen LogP contribution in [0.25, 0.3) is 0 Å². The quantitative estimate of drug-likeness (QED) is 0.778. The number of nitrogens with zero attached hydrogens (tertiary/aromatic N) is 1. The van der Waals surface area contributed by atoms with Crippen molar-refractivity contribution in [2.75, 3.05) is 26.0 Å². The third kappa shape index (κ3) is 4.62. The van der Waals surface area contributed by atoms with Gasteiger partial charge in [0.15, 0.2) is 0 Å². The third-order valence-electron chi connectivity index (χ3n) is 4.25. The summed E-state index contributed by atoms with van der Waals surface area (Å²) in [6.45, 7) is 4.28. The second-order valence-electron chi connectivity index (χ2n) is 6.27. The van der Waals surface area contributed by atoms with Gasteiger partial charge in [0.05, 0.1) is 11.4 Å². The lowest BCUT2D eigenvalue weighted by Crippen LogP contribution is -2.31. The first-order valence-electron chi connectivity index (χ1n) is 8.30. The molecule has 0 aliphatic rings. The van der Waals surface area contributed by atoms with Crippen LogP contribution in [0.3, 0.4) is 0 Å². The number of carbonyl (C=O) groups is 1. The number of aryl methyl sites for hydroxylation is 1. The van der Waals surface area contributed by atoms with E-state index in [-0.39, 0.29) is 23.9 Å². The number of nitrogens with one attached hydrogen (secondary N) is 2. The van der Waals surface area contributed by atoms with E-state index in [1.165, 1.54) is 14.1 Å². The van der Waals surface area contributed by atoms with Gasteiger partial charge < -0.3 is 10.6 Å². The SMILES string of the molecule is Cc1cccc(NCC(=O)NCc2ccccc2S(=O)(=O)N(C)C)c1C. The Morgan fingerprint density at radius 2 is 1.73 bits per heavy atom. The highest BCUT2D eigenvalue weighted by molar-refractivity contribution is 7.89. The van der Waals surface area contributed by atoms with Gasteiger partial charge in [-0.05, 0) is 42.7 Å². The average Bonchev–Trinajstić information content (AvgIpc) is 2.61. The molecule has 2 aromatic carbocycles. The molecule has 0 saturated carbocycles. The van der Waals surface area contributed by atoms with Crippen molar-refractivity contribution < 1.29 is 13.2 Å². The first-order chi connectivity index (χ1) is 12.2. The van der Waals surface area contributed by atoms with Crippen LogP contribution in [0.1, 0.15) is 16.7 Å². The first-order valence-corrected chi connectivity index (χ1v) is 9.74. The molecule has 2 N–H and O–H groups in total. The van der Waals surface area contributed by atoms with Gasteiger partial charge in [-0.2, -0.15) is 0 Å². The Labute approximate surface area is 155 Å². The summed E-state index contributed by atoms with van der Waals surface area (Å²) in [5.41, 5.74) is 3.72. The fraction of sp³-hybridized carbons (Fsp3) is 0.316. The van der Waals surface area contributed by atoms with E-state index in [0.29, 0.717) is 5.56 Å². The smallest absolute Gasteiger partial charge is 0.242 e. The van der Waals surface area contributed by atoms with Crippen LogP contribution < -0.4 is 10.6 Å². The van der Waals surface area contributed by atoms with Crippen LogP contribution in [-0.4, -0.2) is 39.3 Å². The Morgan fingerprint density at radius 3 is 2.42 bits per heavy atom. The summed E-state index contributed by atoms with van der Waals surface area (Å²) in [7, 11) is -0.585. The van der Waals surface area contributed by atoms with E-state index in [1.54, 1.807) is 24.3 Å². The summed E-state index contributed by atoms with van der Waals surface area (Å²) in [6, 6.07) is 12.6. The second-order valence-corrected chi connectivity index (χ2v) is 8.39. The maximum absolute atomic E-state index is 12.4. The Hall–Kier alpha value is -2.38. The number of amides is 1. The maximum Gasteiger partial charge on any atom is 0.242 e. The van der Waals surface area contributed by atoms with Gasteiger partial charge in [0.25, 0.3) is 0 Å². The first kappa shape index (κ1) is 19.9. The van der Waals surface area contributed by atoms with Crippen molar-refractivity contribution in [1.82, 2.24) is 9.62 Å². The minimum atomic E-state index is -3.55. The molecule has 26 heavy (non-hydrogen) atoms. The second kappa shape index (κ2) is 8.33. The predicted molar refractivity (Wildman–Crippen MR) is 104 cm³/mol. The van der Waals surface area contributed by atoms with E-state index in [4.69, 9.17) is 0 Å². The van der Waals surface area contributed by atoms with Crippen molar-refractivity contribution in [3.63, 3.8) is 0 Å². The summed E-state index contributed by atoms with van der Waals surface area (Å²) in [6.07, 6.45) is 0. The highest BCUT2D eigenvalue weighted by Crippen LogP contribution is 2.19. The van der Waals surface area contributed by atoms with Crippen LogP contribution >= 0.6 is 0 Å². The Balaban J connectivity index is 2.01. The topological polar surface area (TPSA) is 78.5 Å². The molecule has 1 amide bonds. The van der Waals surface area contributed by atoms with Gasteiger partial charge in [0.1, 0.15) is 0 Å². The number of benzene rings is 2. The average molecular weight is 375 g/mol. The van der Waals surface area contributed by atoms with Crippen molar-refractivity contribution in [1.29, 1.82) is 0 Å². The molecule has 0 fully saturated rings. The van der Waals surface area contributed by atoms with Gasteiger partial charge in [0.2, 0.25) is 15.9 Å². The standard InChI is InChI=1S/C19H25N3O3S/c1-14-8-7-10-17(15(14)2)20-13-19(23)21-12-16-9-5-6-11-18(16)26(24,25)22(3)4/h5-11,20H,12-13H2,1-4H3,(H,21,23). The minimum absolute atomic E-state index is 0.118. The summed E-state index contributed by atoms with van der Waals surface area (Å²) in [5.74, 6) is -0.206. The van der Waals surface area contributed by atoms with Gasteiger partial charge >= 0.3 is 0 Å². The lowest BCUT2D eigenvalue weighted by atomic mass is 10.1. The van der Waals surface area contributed by atoms with Gasteiger partial charge in [-0.1, -0.05) is 30.3 Å². The molecule has 0 aliphatic heterocycles. The zero-order valence-electron chi connectivity index (χ0n) is 15.5. The summed E-state index contributed by atoms with van der Waals surface area (Å²) < 4.78 is 25.9. The fourth-order valence-electron chi connectivity index (χ4n) is 2.47. The van der Waals surface area contributed by atoms with Gasteiger partial charge in [-0.15, -0.1) is 0 Å². The molecule has 0 bridgehead atoms. The third-order valence-corrected chi connectivity index (χ3v) is 6.17. The van der Waals surface area contributed by atoms with Crippen LogP contribution in [0.2, 0.25) is 0 Å². The minimum Gasteiger partial charge on any atom is -0.376 e. The molecular formula is C19H25N3O3S. The number of carbonyl (C=O) groups excluding carboxylic acids is 1. The van der Waals surface area contributed by atoms with Gasteiger partial charge in [0, 0.05) is 26.3 Å². The van der Waals surface area contributed by atoms with Gasteiger partial charge in [-0.25, -0.2) is 12.7 Å². The predicted octanol–water partition coefficient (Wildman–Crippen LogP) is 2.28. The monoisotopic (exact) mass is 375 g/mol. The largest absolute Gasteiger partial charge is 0.376 e. The Morgan fingerprint density at radius 1 is 1.04 bits per heavy atom. The highest BCUT2D eigenvalue weighted by Gasteiger charge is 2.20. The number of rotatable bonds is 7. The fourth-order valence-corrected chi connectivity index (χ4v) is 3.59. The number of sulfonamides is 1. The van der Waals surface area contributed by atoms with E-state index >= 15 is 0 Å². The van der Waals surface area contributed by atoms with Crippen LogP contribution in [0, 0.1) is 13.8 Å².